The minimum Gasteiger partial charge on any atom is -0.469 e. The summed E-state index contributed by atoms with van der Waals surface area (Å²) < 4.78 is 10.4. The molecule has 148 valence electrons. The maximum absolute atomic E-state index is 12.8. The third-order valence-corrected chi connectivity index (χ3v) is 6.11. The van der Waals surface area contributed by atoms with E-state index in [4.69, 9.17) is 9.47 Å². The zero-order valence-electron chi connectivity index (χ0n) is 16.5. The maximum Gasteiger partial charge on any atom is 0.313 e. The van der Waals surface area contributed by atoms with Crippen LogP contribution in [-0.2, 0) is 19.1 Å². The number of carbonyl (C=O) groups is 2. The van der Waals surface area contributed by atoms with Gasteiger partial charge in [-0.05, 0) is 25.0 Å². The molecule has 28 heavy (non-hydrogen) atoms. The topological polar surface area (TPSA) is 71.6 Å². The van der Waals surface area contributed by atoms with Gasteiger partial charge in [-0.25, -0.2) is 0 Å². The molecule has 3 atom stereocenters. The molecule has 1 aromatic heterocycles. The van der Waals surface area contributed by atoms with E-state index in [-0.39, 0.29) is 29.8 Å². The molecule has 1 aliphatic heterocycles. The number of carbonyl (C=O) groups excluding carboxylic acids is 2. The zero-order chi connectivity index (χ0) is 19.8. The van der Waals surface area contributed by atoms with Gasteiger partial charge in [0, 0.05) is 42.5 Å². The van der Waals surface area contributed by atoms with Crippen LogP contribution < -0.4 is 0 Å². The van der Waals surface area contributed by atoms with Crippen LogP contribution in [0.3, 0.4) is 0 Å². The van der Waals surface area contributed by atoms with Crippen molar-refractivity contribution in [2.24, 2.45) is 5.92 Å². The molecule has 1 saturated heterocycles. The average Bonchev–Trinajstić information content (AvgIpc) is 3.08. The number of piperidine rings is 1. The van der Waals surface area contributed by atoms with Crippen molar-refractivity contribution in [3.05, 3.63) is 47.2 Å². The minimum absolute atomic E-state index is 0.124. The summed E-state index contributed by atoms with van der Waals surface area (Å²) in [4.78, 5) is 29.9. The number of nitrogens with one attached hydrogen (secondary N) is 1. The van der Waals surface area contributed by atoms with Gasteiger partial charge in [-0.15, -0.1) is 0 Å². The van der Waals surface area contributed by atoms with E-state index in [0.29, 0.717) is 13.2 Å². The lowest BCUT2D eigenvalue weighted by Crippen LogP contribution is -2.46. The molecule has 6 nitrogen and oxygen atoms in total. The fraction of sp³-hybridized carbons (Fsp3) is 0.455. The van der Waals surface area contributed by atoms with Gasteiger partial charge < -0.3 is 14.5 Å². The predicted molar refractivity (Wildman–Crippen MR) is 106 cm³/mol. The van der Waals surface area contributed by atoms with Gasteiger partial charge in [0.1, 0.15) is 6.61 Å². The number of aromatic nitrogens is 1. The second-order valence-electron chi connectivity index (χ2n) is 7.53. The normalized spacial score (nSPS) is 25.5. The van der Waals surface area contributed by atoms with E-state index in [9.17, 15) is 9.59 Å². The molecule has 0 spiro atoms. The number of fused-ring (bicyclic) bond motifs is 6. The average molecular weight is 382 g/mol. The van der Waals surface area contributed by atoms with Crippen LogP contribution in [0.1, 0.15) is 43.5 Å². The monoisotopic (exact) mass is 382 g/mol. The first-order valence-corrected chi connectivity index (χ1v) is 9.76. The first-order valence-electron chi connectivity index (χ1n) is 9.76. The summed E-state index contributed by atoms with van der Waals surface area (Å²) in [6.45, 7) is 5.24. The Hall–Kier alpha value is -2.60. The smallest absolute Gasteiger partial charge is 0.313 e. The first kappa shape index (κ1) is 18.7. The Bertz CT molecular complexity index is 945. The molecular formula is C22H26N2O4. The van der Waals surface area contributed by atoms with Crippen molar-refractivity contribution >= 4 is 22.8 Å². The second kappa shape index (κ2) is 7.43. The number of methoxy groups -OCH3 is 1. The van der Waals surface area contributed by atoms with E-state index in [1.165, 1.54) is 19.6 Å². The highest BCUT2D eigenvalue weighted by atomic mass is 16.5. The predicted octanol–water partition coefficient (Wildman–Crippen LogP) is 3.31. The van der Waals surface area contributed by atoms with Crippen LogP contribution in [0, 0.1) is 5.92 Å². The molecule has 1 fully saturated rings. The van der Waals surface area contributed by atoms with Crippen molar-refractivity contribution in [1.82, 2.24) is 9.88 Å². The van der Waals surface area contributed by atoms with Crippen molar-refractivity contribution in [3.63, 3.8) is 0 Å². The van der Waals surface area contributed by atoms with Crippen LogP contribution in [0.4, 0.5) is 0 Å². The Morgan fingerprint density at radius 2 is 2.11 bits per heavy atom. The Labute approximate surface area is 164 Å². The molecule has 1 aromatic carbocycles. The number of rotatable bonds is 4. The summed E-state index contributed by atoms with van der Waals surface area (Å²) >= 11 is 0. The summed E-state index contributed by atoms with van der Waals surface area (Å²) in [7, 11) is 1.46. The van der Waals surface area contributed by atoms with Gasteiger partial charge in [-0.3, -0.25) is 14.5 Å². The Morgan fingerprint density at radius 3 is 2.82 bits per heavy atom. The number of aromatic amines is 1. The summed E-state index contributed by atoms with van der Waals surface area (Å²) in [5.41, 5.74) is 4.42. The lowest BCUT2D eigenvalue weighted by molar-refractivity contribution is -0.145. The summed E-state index contributed by atoms with van der Waals surface area (Å²) in [5.74, 6) is -0.614. The molecule has 0 saturated carbocycles. The van der Waals surface area contributed by atoms with Crippen LogP contribution in [0.2, 0.25) is 0 Å². The molecule has 0 unspecified atom stereocenters. The van der Waals surface area contributed by atoms with Crippen LogP contribution in [0.15, 0.2) is 35.9 Å². The van der Waals surface area contributed by atoms with Crippen molar-refractivity contribution < 1.29 is 19.1 Å². The van der Waals surface area contributed by atoms with Crippen LogP contribution >= 0.6 is 0 Å². The Balaban J connectivity index is 1.81. The van der Waals surface area contributed by atoms with E-state index in [1.54, 1.807) is 0 Å². The number of hydrogen-bond acceptors (Lipinski definition) is 5. The van der Waals surface area contributed by atoms with Crippen LogP contribution in [0.5, 0.6) is 0 Å². The highest BCUT2D eigenvalue weighted by Crippen LogP contribution is 2.52. The van der Waals surface area contributed by atoms with E-state index in [0.717, 1.165) is 35.1 Å². The second-order valence-corrected chi connectivity index (χ2v) is 7.53. The fourth-order valence-corrected chi connectivity index (χ4v) is 4.89. The summed E-state index contributed by atoms with van der Waals surface area (Å²) in [6.07, 6.45) is 2.97. The number of para-hydroxylation sites is 1. The number of hydrogen-bond donors (Lipinski definition) is 1. The van der Waals surface area contributed by atoms with Gasteiger partial charge in [-0.2, -0.15) is 0 Å². The quantitative estimate of drug-likeness (QED) is 0.649. The minimum atomic E-state index is -0.297. The van der Waals surface area contributed by atoms with E-state index in [2.05, 4.69) is 22.0 Å². The molecule has 2 aliphatic rings. The van der Waals surface area contributed by atoms with Gasteiger partial charge in [0.25, 0.3) is 0 Å². The highest BCUT2D eigenvalue weighted by Gasteiger charge is 2.48. The molecule has 6 heteroatoms. The number of likely N-dealkylation sites (tertiary alicyclic amines) is 1. The number of ether oxygens (including phenoxy) is 2. The third kappa shape index (κ3) is 3.02. The van der Waals surface area contributed by atoms with Gasteiger partial charge in [0.2, 0.25) is 0 Å². The first-order chi connectivity index (χ1) is 13.5. The molecule has 0 amide bonds. The summed E-state index contributed by atoms with van der Waals surface area (Å²) in [6, 6.07) is 8.28. The third-order valence-electron chi connectivity index (χ3n) is 6.11. The number of allylic oxidation sites excluding steroid dienone is 1. The number of benzene rings is 1. The van der Waals surface area contributed by atoms with Crippen LogP contribution in [-0.4, -0.2) is 48.6 Å². The summed E-state index contributed by atoms with van der Waals surface area (Å²) in [5, 5.41) is 1.08. The molecule has 4 rings (SSSR count). The van der Waals surface area contributed by atoms with Gasteiger partial charge in [0.05, 0.1) is 19.1 Å². The van der Waals surface area contributed by atoms with E-state index < -0.39 is 0 Å². The Kier molecular flexibility index (Phi) is 4.98. The van der Waals surface area contributed by atoms with Gasteiger partial charge >= 0.3 is 11.9 Å². The van der Waals surface area contributed by atoms with Crippen molar-refractivity contribution in [3.8, 4) is 0 Å². The van der Waals surface area contributed by atoms with Crippen molar-refractivity contribution in [2.75, 3.05) is 26.8 Å². The fourth-order valence-electron chi connectivity index (χ4n) is 4.89. The maximum atomic E-state index is 12.8. The molecule has 2 aromatic rings. The van der Waals surface area contributed by atoms with E-state index in [1.807, 2.05) is 25.1 Å². The molecular weight excluding hydrogens is 356 g/mol. The lowest BCUT2D eigenvalue weighted by Gasteiger charge is -2.47. The Morgan fingerprint density at radius 1 is 1.32 bits per heavy atom. The van der Waals surface area contributed by atoms with Gasteiger partial charge in [-0.1, -0.05) is 29.8 Å². The largest absolute Gasteiger partial charge is 0.469 e. The molecule has 1 aliphatic carbocycles. The zero-order valence-corrected chi connectivity index (χ0v) is 16.5. The number of nitrogens with zero attached hydrogens (tertiary/aromatic N) is 1. The molecule has 2 bridgehead atoms. The molecule has 2 heterocycles. The van der Waals surface area contributed by atoms with Crippen molar-refractivity contribution in [2.45, 2.75) is 32.2 Å². The molecule has 1 N–H and O–H groups in total. The molecule has 0 radical (unpaired) electrons. The van der Waals surface area contributed by atoms with E-state index >= 15 is 0 Å². The standard InChI is InChI=1S/C22H26N2O4/c1-4-14-12-24(9-10-28-13(2)25)18-11-16(14)20(22(26)27-3)19-15-7-5-6-8-17(15)23-21(18)19/h4-8,16,18,20,23H,9-12H2,1-3H3/b14-4-/t16-,18-,20-/m0/s1. The van der Waals surface area contributed by atoms with Gasteiger partial charge in [0.15, 0.2) is 0 Å². The lowest BCUT2D eigenvalue weighted by atomic mass is 9.68. The highest BCUT2D eigenvalue weighted by molar-refractivity contribution is 5.92. The number of esters is 2. The SMILES string of the molecule is C/C=C1/CN(CCOC(C)=O)[C@H]2C[C@@H]1[C@H](C(=O)OC)c1c2[nH]c2ccccc12. The van der Waals surface area contributed by atoms with Crippen molar-refractivity contribution in [1.29, 1.82) is 0 Å². The van der Waals surface area contributed by atoms with Crippen LogP contribution in [0.25, 0.3) is 10.9 Å². The number of H-pyrrole nitrogens is 1.